The van der Waals surface area contributed by atoms with Gasteiger partial charge in [0.1, 0.15) is 0 Å². The van der Waals surface area contributed by atoms with Crippen molar-refractivity contribution in [1.82, 2.24) is 4.72 Å². The number of anilines is 1. The maximum Gasteiger partial charge on any atom is 0.269 e. The Bertz CT molecular complexity index is 1010. The standard InChI is InChI=1S/C20H23N3O5S/c1-14-7-8-15(20(24)21-16-9-11-18(12-10-16)23(25)26)13-19(14)29(27,28)22-17-5-3-2-4-6-17/h7-13,17,22H,2-6H2,1H3,(H,21,24). The number of hydrogen-bond donors (Lipinski definition) is 2. The molecule has 8 nitrogen and oxygen atoms in total. The van der Waals surface area contributed by atoms with Gasteiger partial charge in [0.25, 0.3) is 11.6 Å². The number of hydrogen-bond acceptors (Lipinski definition) is 5. The lowest BCUT2D eigenvalue weighted by Gasteiger charge is -2.23. The van der Waals surface area contributed by atoms with Crippen molar-refractivity contribution in [2.75, 3.05) is 5.32 Å². The van der Waals surface area contributed by atoms with Crippen LogP contribution >= 0.6 is 0 Å². The number of benzene rings is 2. The number of carbonyl (C=O) groups excluding carboxylic acids is 1. The summed E-state index contributed by atoms with van der Waals surface area (Å²) in [5.74, 6) is -0.493. The second kappa shape index (κ2) is 8.71. The molecule has 154 valence electrons. The van der Waals surface area contributed by atoms with Crippen molar-refractivity contribution in [2.24, 2.45) is 0 Å². The highest BCUT2D eigenvalue weighted by molar-refractivity contribution is 7.89. The molecule has 2 aromatic rings. The Morgan fingerprint density at radius 3 is 2.34 bits per heavy atom. The molecule has 2 N–H and O–H groups in total. The van der Waals surface area contributed by atoms with Crippen molar-refractivity contribution in [2.45, 2.75) is 50.0 Å². The number of non-ortho nitro benzene ring substituents is 1. The molecule has 0 aliphatic heterocycles. The summed E-state index contributed by atoms with van der Waals surface area (Å²) in [5.41, 5.74) is 1.05. The maximum absolute atomic E-state index is 12.8. The van der Waals surface area contributed by atoms with Gasteiger partial charge in [-0.25, -0.2) is 13.1 Å². The first-order valence-electron chi connectivity index (χ1n) is 9.45. The molecule has 0 atom stereocenters. The van der Waals surface area contributed by atoms with E-state index in [0.29, 0.717) is 11.3 Å². The van der Waals surface area contributed by atoms with E-state index >= 15 is 0 Å². The molecule has 1 aliphatic rings. The summed E-state index contributed by atoms with van der Waals surface area (Å²) in [5, 5.41) is 13.3. The van der Waals surface area contributed by atoms with Gasteiger partial charge in [-0.1, -0.05) is 25.3 Å². The van der Waals surface area contributed by atoms with Crippen molar-refractivity contribution >= 4 is 27.3 Å². The molecule has 0 aromatic heterocycles. The number of nitro benzene ring substituents is 1. The second-order valence-corrected chi connectivity index (χ2v) is 8.88. The molecule has 1 saturated carbocycles. The molecule has 3 rings (SSSR count). The van der Waals surface area contributed by atoms with Gasteiger partial charge < -0.3 is 5.32 Å². The van der Waals surface area contributed by atoms with E-state index < -0.39 is 20.9 Å². The average Bonchev–Trinajstić information content (AvgIpc) is 2.69. The summed E-state index contributed by atoms with van der Waals surface area (Å²) >= 11 is 0. The highest BCUT2D eigenvalue weighted by Gasteiger charge is 2.24. The fraction of sp³-hybridized carbons (Fsp3) is 0.350. The van der Waals surface area contributed by atoms with Gasteiger partial charge in [0.05, 0.1) is 9.82 Å². The average molecular weight is 417 g/mol. The van der Waals surface area contributed by atoms with Crippen molar-refractivity contribution in [1.29, 1.82) is 0 Å². The molecule has 29 heavy (non-hydrogen) atoms. The molecule has 1 fully saturated rings. The van der Waals surface area contributed by atoms with Gasteiger partial charge in [0, 0.05) is 29.4 Å². The van der Waals surface area contributed by atoms with Crippen LogP contribution in [0.1, 0.15) is 48.0 Å². The van der Waals surface area contributed by atoms with Crippen LogP contribution in [0.25, 0.3) is 0 Å². The highest BCUT2D eigenvalue weighted by Crippen LogP contribution is 2.23. The van der Waals surface area contributed by atoms with Crippen LogP contribution in [-0.2, 0) is 10.0 Å². The van der Waals surface area contributed by atoms with E-state index in [4.69, 9.17) is 0 Å². The van der Waals surface area contributed by atoms with Crippen molar-refractivity contribution in [3.63, 3.8) is 0 Å². The summed E-state index contributed by atoms with van der Waals surface area (Å²) in [4.78, 5) is 22.8. The second-order valence-electron chi connectivity index (χ2n) is 7.19. The number of nitrogens with one attached hydrogen (secondary N) is 2. The first kappa shape index (κ1) is 20.9. The van der Waals surface area contributed by atoms with Crippen molar-refractivity contribution in [3.8, 4) is 0 Å². The number of aryl methyl sites for hydroxylation is 1. The van der Waals surface area contributed by atoms with Crippen LogP contribution in [0.5, 0.6) is 0 Å². The number of carbonyl (C=O) groups is 1. The summed E-state index contributed by atoms with van der Waals surface area (Å²) in [6, 6.07) is 9.85. The monoisotopic (exact) mass is 417 g/mol. The van der Waals surface area contributed by atoms with Crippen LogP contribution in [-0.4, -0.2) is 25.3 Å². The lowest BCUT2D eigenvalue weighted by atomic mass is 9.96. The summed E-state index contributed by atoms with van der Waals surface area (Å²) in [6.07, 6.45) is 4.76. The quantitative estimate of drug-likeness (QED) is 0.548. The third-order valence-corrected chi connectivity index (χ3v) is 6.67. The van der Waals surface area contributed by atoms with Gasteiger partial charge in [-0.05, 0) is 49.6 Å². The Morgan fingerprint density at radius 2 is 1.72 bits per heavy atom. The van der Waals surface area contributed by atoms with E-state index in [0.717, 1.165) is 32.1 Å². The summed E-state index contributed by atoms with van der Waals surface area (Å²) in [7, 11) is -3.74. The number of amides is 1. The van der Waals surface area contributed by atoms with Gasteiger partial charge in [0.15, 0.2) is 0 Å². The van der Waals surface area contributed by atoms with Crippen LogP contribution in [0.15, 0.2) is 47.4 Å². The predicted molar refractivity (Wildman–Crippen MR) is 109 cm³/mol. The summed E-state index contributed by atoms with van der Waals surface area (Å²) < 4.78 is 28.5. The fourth-order valence-electron chi connectivity index (χ4n) is 3.40. The Labute approximate surface area is 169 Å². The van der Waals surface area contributed by atoms with Crippen LogP contribution in [0.4, 0.5) is 11.4 Å². The van der Waals surface area contributed by atoms with Crippen LogP contribution in [0, 0.1) is 17.0 Å². The Hall–Kier alpha value is -2.78. The molecule has 0 unspecified atom stereocenters. The smallest absolute Gasteiger partial charge is 0.269 e. The molecule has 0 saturated heterocycles. The lowest BCUT2D eigenvalue weighted by Crippen LogP contribution is -2.36. The van der Waals surface area contributed by atoms with E-state index in [-0.39, 0.29) is 22.2 Å². The van der Waals surface area contributed by atoms with E-state index in [9.17, 15) is 23.3 Å². The normalized spacial score (nSPS) is 15.1. The van der Waals surface area contributed by atoms with Gasteiger partial charge >= 0.3 is 0 Å². The van der Waals surface area contributed by atoms with Crippen LogP contribution < -0.4 is 10.0 Å². The third-order valence-electron chi connectivity index (χ3n) is 5.00. The largest absolute Gasteiger partial charge is 0.322 e. The molecule has 0 heterocycles. The Balaban J connectivity index is 1.78. The fourth-order valence-corrected chi connectivity index (χ4v) is 4.98. The molecule has 0 spiro atoms. The summed E-state index contributed by atoms with van der Waals surface area (Å²) in [6.45, 7) is 1.69. The van der Waals surface area contributed by atoms with Crippen molar-refractivity contribution in [3.05, 3.63) is 63.7 Å². The molecule has 2 aromatic carbocycles. The van der Waals surface area contributed by atoms with Gasteiger partial charge in [0.2, 0.25) is 10.0 Å². The lowest BCUT2D eigenvalue weighted by molar-refractivity contribution is -0.384. The minimum absolute atomic E-state index is 0.0780. The predicted octanol–water partition coefficient (Wildman–Crippen LogP) is 3.77. The van der Waals surface area contributed by atoms with E-state index in [1.807, 2.05) is 0 Å². The van der Waals surface area contributed by atoms with Gasteiger partial charge in [-0.3, -0.25) is 14.9 Å². The van der Waals surface area contributed by atoms with Crippen LogP contribution in [0.2, 0.25) is 0 Å². The SMILES string of the molecule is Cc1ccc(C(=O)Nc2ccc([N+](=O)[O-])cc2)cc1S(=O)(=O)NC1CCCCC1. The minimum Gasteiger partial charge on any atom is -0.322 e. The molecule has 9 heteroatoms. The molecule has 1 aliphatic carbocycles. The number of rotatable bonds is 6. The zero-order valence-corrected chi connectivity index (χ0v) is 16.9. The minimum atomic E-state index is -3.74. The van der Waals surface area contributed by atoms with Crippen LogP contribution in [0.3, 0.4) is 0 Å². The van der Waals surface area contributed by atoms with E-state index in [1.165, 1.54) is 30.3 Å². The number of sulfonamides is 1. The van der Waals surface area contributed by atoms with Gasteiger partial charge in [-0.2, -0.15) is 0 Å². The Morgan fingerprint density at radius 1 is 1.07 bits per heavy atom. The van der Waals surface area contributed by atoms with E-state index in [2.05, 4.69) is 10.0 Å². The zero-order valence-electron chi connectivity index (χ0n) is 16.1. The van der Waals surface area contributed by atoms with Crippen molar-refractivity contribution < 1.29 is 18.1 Å². The maximum atomic E-state index is 12.8. The Kier molecular flexibility index (Phi) is 6.29. The number of nitro groups is 1. The molecule has 1 amide bonds. The molecular weight excluding hydrogens is 394 g/mol. The third kappa shape index (κ3) is 5.18. The van der Waals surface area contributed by atoms with E-state index in [1.54, 1.807) is 19.1 Å². The molecule has 0 bridgehead atoms. The topological polar surface area (TPSA) is 118 Å². The highest BCUT2D eigenvalue weighted by atomic mass is 32.2. The number of nitrogens with zero attached hydrogens (tertiary/aromatic N) is 1. The van der Waals surface area contributed by atoms with Gasteiger partial charge in [-0.15, -0.1) is 0 Å². The first-order chi connectivity index (χ1) is 13.8. The zero-order chi connectivity index (χ0) is 21.0. The molecule has 0 radical (unpaired) electrons. The first-order valence-corrected chi connectivity index (χ1v) is 10.9. The molecular formula is C20H23N3O5S.